The highest BCUT2D eigenvalue weighted by atomic mass is 19.4. The van der Waals surface area contributed by atoms with Gasteiger partial charge in [0.1, 0.15) is 5.75 Å². The van der Waals surface area contributed by atoms with E-state index in [1.807, 2.05) is 56.3 Å². The van der Waals surface area contributed by atoms with Crippen LogP contribution in [0.4, 0.5) is 13.2 Å². The summed E-state index contributed by atoms with van der Waals surface area (Å²) in [4.78, 5) is 4.42. The first-order chi connectivity index (χ1) is 19.2. The maximum atomic E-state index is 13.7. The Morgan fingerprint density at radius 2 is 1.62 bits per heavy atom. The molecule has 3 aromatic carbocycles. The number of halogens is 3. The van der Waals surface area contributed by atoms with Crippen molar-refractivity contribution in [3.05, 3.63) is 106 Å². The Labute approximate surface area is 231 Å². The lowest BCUT2D eigenvalue weighted by molar-refractivity contribution is -0.137. The molecule has 0 saturated carbocycles. The van der Waals surface area contributed by atoms with E-state index in [1.165, 1.54) is 12.1 Å². The van der Waals surface area contributed by atoms with Crippen LogP contribution >= 0.6 is 0 Å². The van der Waals surface area contributed by atoms with Gasteiger partial charge in [0.15, 0.2) is 5.82 Å². The van der Waals surface area contributed by atoms with Crippen LogP contribution in [0.25, 0.3) is 11.8 Å². The van der Waals surface area contributed by atoms with E-state index in [9.17, 15) is 18.3 Å². The summed E-state index contributed by atoms with van der Waals surface area (Å²) in [5.74, 6) is 0.707. The van der Waals surface area contributed by atoms with E-state index in [0.717, 1.165) is 28.4 Å². The molecule has 1 unspecified atom stereocenters. The Morgan fingerprint density at radius 1 is 0.925 bits per heavy atom. The van der Waals surface area contributed by atoms with Crippen LogP contribution in [0.5, 0.6) is 5.75 Å². The minimum Gasteiger partial charge on any atom is -0.507 e. The zero-order valence-corrected chi connectivity index (χ0v) is 22.4. The molecule has 40 heavy (non-hydrogen) atoms. The molecule has 0 amide bonds. The van der Waals surface area contributed by atoms with Crippen LogP contribution in [0.1, 0.15) is 39.7 Å². The summed E-state index contributed by atoms with van der Waals surface area (Å²) in [6.07, 6.45) is -0.556. The van der Waals surface area contributed by atoms with Gasteiger partial charge in [-0.2, -0.15) is 17.9 Å². The Bertz CT molecular complexity index is 1470. The molecule has 1 saturated heterocycles. The summed E-state index contributed by atoms with van der Waals surface area (Å²) in [6, 6.07) is 17.9. The number of aryl methyl sites for hydroxylation is 2. The van der Waals surface area contributed by atoms with Crippen LogP contribution in [0.15, 0.2) is 72.8 Å². The number of hydrogen-bond acceptors (Lipinski definition) is 6. The highest BCUT2D eigenvalue weighted by molar-refractivity contribution is 5.56. The van der Waals surface area contributed by atoms with Crippen LogP contribution < -0.4 is 0 Å². The average molecular weight is 549 g/mol. The van der Waals surface area contributed by atoms with Crippen molar-refractivity contribution in [1.29, 1.82) is 0 Å². The highest BCUT2D eigenvalue weighted by Crippen LogP contribution is 2.35. The zero-order valence-electron chi connectivity index (χ0n) is 22.4. The standard InChI is InChI=1S/C30H31F3N6O/c1-21-8-5-9-22(2)27(21)39-29(34-35-36-39)28(24-11-6-13-25(20-24)30(31,32)33)38-18-16-37(17-19-38)15-7-12-23-10-3-4-14-26(23)40/h3-14,20,28,40H,15-19H2,1-2H3. The summed E-state index contributed by atoms with van der Waals surface area (Å²) in [5.41, 5.74) is 3.31. The van der Waals surface area contributed by atoms with Gasteiger partial charge in [-0.3, -0.25) is 9.80 Å². The van der Waals surface area contributed by atoms with E-state index >= 15 is 0 Å². The minimum atomic E-state index is -4.46. The fourth-order valence-corrected chi connectivity index (χ4v) is 5.23. The first kappa shape index (κ1) is 27.5. The summed E-state index contributed by atoms with van der Waals surface area (Å²) < 4.78 is 42.7. The molecule has 0 spiro atoms. The molecule has 2 heterocycles. The number of para-hydroxylation sites is 2. The van der Waals surface area contributed by atoms with Crippen LogP contribution in [0.3, 0.4) is 0 Å². The van der Waals surface area contributed by atoms with Crippen molar-refractivity contribution in [2.75, 3.05) is 32.7 Å². The largest absolute Gasteiger partial charge is 0.507 e. The average Bonchev–Trinajstić information content (AvgIpc) is 3.39. The first-order valence-corrected chi connectivity index (χ1v) is 13.2. The molecule has 1 fully saturated rings. The SMILES string of the molecule is Cc1cccc(C)c1-n1nnnc1C(c1cccc(C(F)(F)F)c1)N1CCN(CC=Cc2ccccc2O)CC1. The number of piperazine rings is 1. The molecule has 0 aliphatic carbocycles. The zero-order chi connectivity index (χ0) is 28.3. The number of aromatic nitrogens is 4. The molecule has 208 valence electrons. The number of aromatic hydroxyl groups is 1. The molecule has 5 rings (SSSR count). The number of phenolic OH excluding ortho intramolecular Hbond substituents is 1. The Kier molecular flexibility index (Phi) is 7.99. The van der Waals surface area contributed by atoms with Crippen LogP contribution in [-0.4, -0.2) is 67.8 Å². The maximum absolute atomic E-state index is 13.7. The van der Waals surface area contributed by atoms with Crippen molar-refractivity contribution in [2.45, 2.75) is 26.1 Å². The smallest absolute Gasteiger partial charge is 0.416 e. The fraction of sp³-hybridized carbons (Fsp3) is 0.300. The Hall–Kier alpha value is -4.02. The molecular formula is C30H31F3N6O. The van der Waals surface area contributed by atoms with Gasteiger partial charge in [0, 0.05) is 38.3 Å². The predicted molar refractivity (Wildman–Crippen MR) is 147 cm³/mol. The van der Waals surface area contributed by atoms with E-state index in [1.54, 1.807) is 22.9 Å². The molecule has 1 N–H and O–H groups in total. The highest BCUT2D eigenvalue weighted by Gasteiger charge is 2.35. The van der Waals surface area contributed by atoms with Crippen LogP contribution in [0.2, 0.25) is 0 Å². The monoisotopic (exact) mass is 548 g/mol. The fourth-order valence-electron chi connectivity index (χ4n) is 5.23. The van der Waals surface area contributed by atoms with Crippen molar-refractivity contribution in [3.8, 4) is 11.4 Å². The first-order valence-electron chi connectivity index (χ1n) is 13.2. The Balaban J connectivity index is 1.43. The predicted octanol–water partition coefficient (Wildman–Crippen LogP) is 5.42. The van der Waals surface area contributed by atoms with E-state index in [0.29, 0.717) is 44.1 Å². The second kappa shape index (κ2) is 11.6. The lowest BCUT2D eigenvalue weighted by atomic mass is 10.00. The van der Waals surface area contributed by atoms with Crippen molar-refractivity contribution in [2.24, 2.45) is 0 Å². The molecule has 7 nitrogen and oxygen atoms in total. The number of rotatable bonds is 7. The van der Waals surface area contributed by atoms with Gasteiger partial charge in [0.25, 0.3) is 0 Å². The van der Waals surface area contributed by atoms with Crippen LogP contribution in [0, 0.1) is 13.8 Å². The Morgan fingerprint density at radius 3 is 2.33 bits per heavy atom. The molecule has 10 heteroatoms. The molecule has 1 aliphatic heterocycles. The van der Waals surface area contributed by atoms with E-state index in [4.69, 9.17) is 0 Å². The number of benzene rings is 3. The molecule has 0 bridgehead atoms. The van der Waals surface area contributed by atoms with Gasteiger partial charge < -0.3 is 5.11 Å². The van der Waals surface area contributed by atoms with Gasteiger partial charge in [-0.15, -0.1) is 5.10 Å². The van der Waals surface area contributed by atoms with Gasteiger partial charge in [0.2, 0.25) is 0 Å². The van der Waals surface area contributed by atoms with Crippen molar-refractivity contribution in [3.63, 3.8) is 0 Å². The van der Waals surface area contributed by atoms with E-state index in [-0.39, 0.29) is 5.75 Å². The summed E-state index contributed by atoms with van der Waals surface area (Å²) in [7, 11) is 0. The van der Waals surface area contributed by atoms with Crippen molar-refractivity contribution in [1.82, 2.24) is 30.0 Å². The van der Waals surface area contributed by atoms with Gasteiger partial charge in [-0.25, -0.2) is 0 Å². The molecular weight excluding hydrogens is 517 g/mol. The summed E-state index contributed by atoms with van der Waals surface area (Å²) in [6.45, 7) is 7.28. The summed E-state index contributed by atoms with van der Waals surface area (Å²) >= 11 is 0. The molecule has 1 atom stereocenters. The number of hydrogen-bond donors (Lipinski definition) is 1. The lowest BCUT2D eigenvalue weighted by Crippen LogP contribution is -2.48. The second-order valence-electron chi connectivity index (χ2n) is 10.0. The third-order valence-corrected chi connectivity index (χ3v) is 7.29. The number of nitrogens with zero attached hydrogens (tertiary/aromatic N) is 6. The number of tetrazole rings is 1. The quantitative estimate of drug-likeness (QED) is 0.333. The molecule has 4 aromatic rings. The lowest BCUT2D eigenvalue weighted by Gasteiger charge is -2.38. The molecule has 1 aromatic heterocycles. The van der Waals surface area contributed by atoms with Gasteiger partial charge in [-0.1, -0.05) is 60.7 Å². The van der Waals surface area contributed by atoms with Gasteiger partial charge in [-0.05, 0) is 59.2 Å². The molecule has 0 radical (unpaired) electrons. The maximum Gasteiger partial charge on any atom is 0.416 e. The summed E-state index contributed by atoms with van der Waals surface area (Å²) in [5, 5.41) is 22.6. The van der Waals surface area contributed by atoms with Gasteiger partial charge in [0.05, 0.1) is 17.3 Å². The third kappa shape index (κ3) is 5.93. The normalized spacial score (nSPS) is 16.0. The number of alkyl halides is 3. The van der Waals surface area contributed by atoms with E-state index in [2.05, 4.69) is 25.3 Å². The second-order valence-corrected chi connectivity index (χ2v) is 10.0. The molecule has 1 aliphatic rings. The number of phenols is 1. The van der Waals surface area contributed by atoms with E-state index < -0.39 is 17.8 Å². The van der Waals surface area contributed by atoms with Crippen molar-refractivity contribution >= 4 is 6.08 Å². The topological polar surface area (TPSA) is 70.3 Å². The van der Waals surface area contributed by atoms with Crippen LogP contribution in [-0.2, 0) is 6.18 Å². The third-order valence-electron chi connectivity index (χ3n) is 7.29. The van der Waals surface area contributed by atoms with Crippen molar-refractivity contribution < 1.29 is 18.3 Å². The van der Waals surface area contributed by atoms with Gasteiger partial charge >= 0.3 is 6.18 Å². The minimum absolute atomic E-state index is 0.231.